The lowest BCUT2D eigenvalue weighted by Gasteiger charge is -2.05. The summed E-state index contributed by atoms with van der Waals surface area (Å²) in [5, 5.41) is 18.3. The molecule has 116 valence electrons. The number of nitrogens with two attached hydrogens (primary N) is 2. The molecular weight excluding hydrogens is 286 g/mol. The first kappa shape index (κ1) is 14.8. The molecule has 1 atom stereocenters. The lowest BCUT2D eigenvalue weighted by atomic mass is 10.0. The van der Waals surface area contributed by atoms with E-state index in [0.29, 0.717) is 0 Å². The standard InChI is InChI=1S/C18H19N5/c19-17(20)12-4-1-11(2-5-12)3-7-15-10-14-9-13(18(21)22)6-8-16(14)23-15/h1-9,15,23H,10H2,(H3,19,20)(H3,21,22)/b7-3+. The van der Waals surface area contributed by atoms with Crippen LogP contribution in [0, 0.1) is 10.8 Å². The van der Waals surface area contributed by atoms with E-state index in [-0.39, 0.29) is 17.7 Å². The minimum Gasteiger partial charge on any atom is -0.384 e. The van der Waals surface area contributed by atoms with Gasteiger partial charge in [0.2, 0.25) is 0 Å². The van der Waals surface area contributed by atoms with Gasteiger partial charge in [0, 0.05) is 22.9 Å². The Morgan fingerprint density at radius 2 is 1.65 bits per heavy atom. The number of benzene rings is 2. The second-order valence-electron chi connectivity index (χ2n) is 5.64. The van der Waals surface area contributed by atoms with Crippen LogP contribution in [0.1, 0.15) is 22.3 Å². The number of rotatable bonds is 4. The Kier molecular flexibility index (Phi) is 3.85. The van der Waals surface area contributed by atoms with E-state index in [1.165, 1.54) is 5.56 Å². The third kappa shape index (κ3) is 3.23. The van der Waals surface area contributed by atoms with Gasteiger partial charge in [-0.2, -0.15) is 0 Å². The maximum atomic E-state index is 7.51. The number of anilines is 1. The van der Waals surface area contributed by atoms with Crippen molar-refractivity contribution in [2.45, 2.75) is 12.5 Å². The molecule has 1 unspecified atom stereocenters. The summed E-state index contributed by atoms with van der Waals surface area (Å²) in [4.78, 5) is 0. The molecule has 0 saturated carbocycles. The SMILES string of the molecule is N=C(N)c1ccc(/C=C/C2Cc3cc(C(=N)N)ccc3N2)cc1. The number of hydrogen-bond donors (Lipinski definition) is 5. The number of amidine groups is 2. The van der Waals surface area contributed by atoms with E-state index in [2.05, 4.69) is 17.5 Å². The number of fused-ring (bicyclic) bond motifs is 1. The molecule has 1 aliphatic heterocycles. The zero-order valence-corrected chi connectivity index (χ0v) is 12.6. The van der Waals surface area contributed by atoms with Crippen LogP contribution >= 0.6 is 0 Å². The van der Waals surface area contributed by atoms with E-state index in [1.54, 1.807) is 0 Å². The molecule has 7 N–H and O–H groups in total. The Labute approximate surface area is 135 Å². The molecule has 0 spiro atoms. The van der Waals surface area contributed by atoms with Crippen molar-refractivity contribution in [2.75, 3.05) is 5.32 Å². The largest absolute Gasteiger partial charge is 0.384 e. The molecule has 0 amide bonds. The third-order valence-electron chi connectivity index (χ3n) is 3.94. The zero-order chi connectivity index (χ0) is 16.4. The number of hydrogen-bond acceptors (Lipinski definition) is 3. The first-order valence-electron chi connectivity index (χ1n) is 7.39. The summed E-state index contributed by atoms with van der Waals surface area (Å²) in [6, 6.07) is 13.6. The van der Waals surface area contributed by atoms with Crippen LogP contribution < -0.4 is 16.8 Å². The second kappa shape index (κ2) is 5.96. The van der Waals surface area contributed by atoms with E-state index in [9.17, 15) is 0 Å². The van der Waals surface area contributed by atoms with Gasteiger partial charge in [0.05, 0.1) is 0 Å². The minimum atomic E-state index is 0.0784. The fraction of sp³-hybridized carbons (Fsp3) is 0.111. The summed E-state index contributed by atoms with van der Waals surface area (Å²) in [6.45, 7) is 0. The first-order valence-corrected chi connectivity index (χ1v) is 7.39. The predicted molar refractivity (Wildman–Crippen MR) is 95.1 cm³/mol. The van der Waals surface area contributed by atoms with Gasteiger partial charge in [-0.1, -0.05) is 36.4 Å². The summed E-state index contributed by atoms with van der Waals surface area (Å²) in [5.41, 5.74) is 15.8. The highest BCUT2D eigenvalue weighted by molar-refractivity contribution is 5.96. The molecule has 0 fully saturated rings. The molecule has 0 aliphatic carbocycles. The molecule has 0 aromatic heterocycles. The summed E-state index contributed by atoms with van der Waals surface area (Å²) < 4.78 is 0. The van der Waals surface area contributed by atoms with Crippen molar-refractivity contribution in [3.63, 3.8) is 0 Å². The lowest BCUT2D eigenvalue weighted by Crippen LogP contribution is -2.11. The Hall–Kier alpha value is -3.08. The molecule has 5 heteroatoms. The van der Waals surface area contributed by atoms with E-state index in [0.717, 1.165) is 28.8 Å². The van der Waals surface area contributed by atoms with Crippen LogP contribution in [0.2, 0.25) is 0 Å². The lowest BCUT2D eigenvalue weighted by molar-refractivity contribution is 0.928. The molecule has 2 aromatic carbocycles. The molecule has 0 radical (unpaired) electrons. The minimum absolute atomic E-state index is 0.0784. The summed E-state index contributed by atoms with van der Waals surface area (Å²) >= 11 is 0. The van der Waals surface area contributed by atoms with Crippen LogP contribution in [-0.4, -0.2) is 17.7 Å². The van der Waals surface area contributed by atoms with Crippen LogP contribution in [0.15, 0.2) is 48.5 Å². The van der Waals surface area contributed by atoms with Gasteiger partial charge in [0.1, 0.15) is 11.7 Å². The smallest absolute Gasteiger partial charge is 0.122 e. The van der Waals surface area contributed by atoms with Crippen LogP contribution in [0.3, 0.4) is 0 Å². The summed E-state index contributed by atoms with van der Waals surface area (Å²) in [6.07, 6.45) is 5.05. The number of nitrogen functional groups attached to an aromatic ring is 2. The molecule has 1 aliphatic rings. The molecule has 3 rings (SSSR count). The van der Waals surface area contributed by atoms with Gasteiger partial charge in [-0.25, -0.2) is 0 Å². The van der Waals surface area contributed by atoms with Crippen molar-refractivity contribution in [3.8, 4) is 0 Å². The van der Waals surface area contributed by atoms with E-state index in [4.69, 9.17) is 22.3 Å². The van der Waals surface area contributed by atoms with Crippen LogP contribution in [0.25, 0.3) is 6.08 Å². The molecule has 2 aromatic rings. The maximum Gasteiger partial charge on any atom is 0.122 e. The molecule has 5 nitrogen and oxygen atoms in total. The quantitative estimate of drug-likeness (QED) is 0.441. The zero-order valence-electron chi connectivity index (χ0n) is 12.6. The fourth-order valence-electron chi connectivity index (χ4n) is 2.68. The number of nitrogens with one attached hydrogen (secondary N) is 3. The monoisotopic (exact) mass is 305 g/mol. The maximum absolute atomic E-state index is 7.51. The third-order valence-corrected chi connectivity index (χ3v) is 3.94. The van der Waals surface area contributed by atoms with Crippen LogP contribution in [-0.2, 0) is 6.42 Å². The van der Waals surface area contributed by atoms with Gasteiger partial charge < -0.3 is 16.8 Å². The second-order valence-corrected chi connectivity index (χ2v) is 5.64. The highest BCUT2D eigenvalue weighted by atomic mass is 14.9. The summed E-state index contributed by atoms with van der Waals surface area (Å²) in [5.74, 6) is 0.173. The topological polar surface area (TPSA) is 112 Å². The van der Waals surface area contributed by atoms with Gasteiger partial charge in [0.25, 0.3) is 0 Å². The highest BCUT2D eigenvalue weighted by Gasteiger charge is 2.18. The van der Waals surface area contributed by atoms with Crippen molar-refractivity contribution in [1.82, 2.24) is 0 Å². The predicted octanol–water partition coefficient (Wildman–Crippen LogP) is 2.30. The van der Waals surface area contributed by atoms with E-state index >= 15 is 0 Å². The molecule has 0 saturated heterocycles. The Morgan fingerprint density at radius 1 is 1.00 bits per heavy atom. The molecule has 1 heterocycles. The van der Waals surface area contributed by atoms with Crippen molar-refractivity contribution in [1.29, 1.82) is 10.8 Å². The van der Waals surface area contributed by atoms with Gasteiger partial charge in [-0.3, -0.25) is 10.8 Å². The summed E-state index contributed by atoms with van der Waals surface area (Å²) in [7, 11) is 0. The van der Waals surface area contributed by atoms with Crippen LogP contribution in [0.5, 0.6) is 0 Å². The Balaban J connectivity index is 1.70. The average Bonchev–Trinajstić information content (AvgIpc) is 2.95. The normalized spacial score (nSPS) is 16.1. The van der Waals surface area contributed by atoms with Crippen molar-refractivity contribution in [2.24, 2.45) is 11.5 Å². The van der Waals surface area contributed by atoms with Gasteiger partial charge in [-0.15, -0.1) is 0 Å². The van der Waals surface area contributed by atoms with Gasteiger partial charge in [-0.05, 0) is 35.7 Å². The van der Waals surface area contributed by atoms with Crippen molar-refractivity contribution >= 4 is 23.4 Å². The average molecular weight is 305 g/mol. The fourth-order valence-corrected chi connectivity index (χ4v) is 2.68. The van der Waals surface area contributed by atoms with Crippen LogP contribution in [0.4, 0.5) is 5.69 Å². The molecular formula is C18H19N5. The van der Waals surface area contributed by atoms with Crippen molar-refractivity contribution < 1.29 is 0 Å². The first-order chi connectivity index (χ1) is 11.0. The molecule has 23 heavy (non-hydrogen) atoms. The Morgan fingerprint density at radius 3 is 2.30 bits per heavy atom. The van der Waals surface area contributed by atoms with Gasteiger partial charge >= 0.3 is 0 Å². The Bertz CT molecular complexity index is 790. The van der Waals surface area contributed by atoms with E-state index in [1.807, 2.05) is 42.5 Å². The van der Waals surface area contributed by atoms with Crippen molar-refractivity contribution in [3.05, 3.63) is 70.8 Å². The van der Waals surface area contributed by atoms with Gasteiger partial charge in [0.15, 0.2) is 0 Å². The highest BCUT2D eigenvalue weighted by Crippen LogP contribution is 2.27. The molecule has 0 bridgehead atoms. The van der Waals surface area contributed by atoms with E-state index < -0.39 is 0 Å².